The van der Waals surface area contributed by atoms with Gasteiger partial charge in [0.15, 0.2) is 11.2 Å². The van der Waals surface area contributed by atoms with Gasteiger partial charge in [-0.25, -0.2) is 4.98 Å². The number of imidazole rings is 1. The molecule has 4 aromatic rings. The fourth-order valence-electron chi connectivity index (χ4n) is 5.89. The number of fused-ring (bicyclic) bond motifs is 4. The van der Waals surface area contributed by atoms with Gasteiger partial charge in [-0.2, -0.15) is 0 Å². The molecule has 7 nitrogen and oxygen atoms in total. The Morgan fingerprint density at radius 3 is 2.38 bits per heavy atom. The number of aromatic nitrogens is 2. The molecule has 6 rings (SSSR count). The maximum atomic E-state index is 14.4. The van der Waals surface area contributed by atoms with E-state index in [1.54, 1.807) is 49.6 Å². The van der Waals surface area contributed by atoms with Crippen molar-refractivity contribution in [3.8, 4) is 17.1 Å². The zero-order chi connectivity index (χ0) is 28.5. The number of carbonyl (C=O) groups excluding carboxylic acids is 2. The summed E-state index contributed by atoms with van der Waals surface area (Å²) in [6.45, 7) is 8.26. The van der Waals surface area contributed by atoms with Gasteiger partial charge in [-0.15, -0.1) is 0 Å². The normalized spacial score (nSPS) is 17.7. The average Bonchev–Trinajstić information content (AvgIpc) is 3.52. The summed E-state index contributed by atoms with van der Waals surface area (Å²) in [6, 6.07) is 18.0. The number of hydrogen-bond acceptors (Lipinski definition) is 4. The highest BCUT2D eigenvalue weighted by atomic mass is 35.5. The zero-order valence-corrected chi connectivity index (χ0v) is 24.3. The van der Waals surface area contributed by atoms with Crippen molar-refractivity contribution in [2.75, 3.05) is 17.3 Å². The van der Waals surface area contributed by atoms with Crippen molar-refractivity contribution >= 4 is 46.4 Å². The lowest BCUT2D eigenvalue weighted by atomic mass is 9.87. The van der Waals surface area contributed by atoms with Crippen molar-refractivity contribution in [2.24, 2.45) is 0 Å². The summed E-state index contributed by atoms with van der Waals surface area (Å²) in [5.74, 6) is 0.745. The van der Waals surface area contributed by atoms with Gasteiger partial charge in [0, 0.05) is 33.0 Å². The third-order valence-corrected chi connectivity index (χ3v) is 8.13. The maximum absolute atomic E-state index is 14.4. The van der Waals surface area contributed by atoms with Crippen LogP contribution in [0.5, 0.6) is 5.75 Å². The second-order valence-corrected chi connectivity index (χ2v) is 11.6. The molecular formula is C31H28Cl2N4O3. The quantitative estimate of drug-likeness (QED) is 0.269. The van der Waals surface area contributed by atoms with Crippen LogP contribution in [0.4, 0.5) is 11.4 Å². The second kappa shape index (κ2) is 9.39. The SMILES string of the molecule is COc1cc(C(C)C)ccc1-c1nc2c(n1C(C)C)[C@]1(C(=O)Nc3cc(Cl)ccc31)N(c1cccc(Cl)c1)C2=O. The Labute approximate surface area is 242 Å². The molecule has 3 aromatic carbocycles. The molecule has 3 heterocycles. The standard InChI is InChI=1S/C31H28Cl2N4O3/c1-16(2)18-9-11-22(25(13-18)40-5)28-35-26-27(36(28)17(3)4)31(23-12-10-20(33)15-24(23)34-30(31)39)37(29(26)38)21-8-6-7-19(32)14-21/h6-17H,1-5H3,(H,34,39)/t31-/m1/s1. The van der Waals surface area contributed by atoms with Gasteiger partial charge in [0.2, 0.25) is 0 Å². The third kappa shape index (κ3) is 3.61. The summed E-state index contributed by atoms with van der Waals surface area (Å²) >= 11 is 12.7. The van der Waals surface area contributed by atoms with Gasteiger partial charge >= 0.3 is 0 Å². The van der Waals surface area contributed by atoms with Gasteiger partial charge < -0.3 is 14.6 Å². The predicted octanol–water partition coefficient (Wildman–Crippen LogP) is 7.43. The first kappa shape index (κ1) is 26.4. The van der Waals surface area contributed by atoms with Crippen LogP contribution in [0.25, 0.3) is 11.4 Å². The first-order chi connectivity index (χ1) is 19.1. The molecular weight excluding hydrogens is 547 g/mol. The molecule has 204 valence electrons. The number of amides is 2. The van der Waals surface area contributed by atoms with Gasteiger partial charge in [0.25, 0.3) is 11.8 Å². The van der Waals surface area contributed by atoms with Crippen LogP contribution in [-0.2, 0) is 10.3 Å². The number of anilines is 2. The highest BCUT2D eigenvalue weighted by Gasteiger charge is 2.64. The van der Waals surface area contributed by atoms with Crippen LogP contribution in [-0.4, -0.2) is 28.5 Å². The molecule has 1 N–H and O–H groups in total. The molecule has 40 heavy (non-hydrogen) atoms. The number of nitrogens with zero attached hydrogens (tertiary/aromatic N) is 3. The lowest BCUT2D eigenvalue weighted by Crippen LogP contribution is -2.51. The molecule has 0 aliphatic carbocycles. The van der Waals surface area contributed by atoms with Gasteiger partial charge in [0.1, 0.15) is 11.6 Å². The molecule has 2 aliphatic heterocycles. The van der Waals surface area contributed by atoms with E-state index < -0.39 is 11.4 Å². The zero-order valence-electron chi connectivity index (χ0n) is 22.8. The minimum Gasteiger partial charge on any atom is -0.496 e. The first-order valence-electron chi connectivity index (χ1n) is 13.1. The number of rotatable bonds is 5. The molecule has 2 aliphatic rings. The van der Waals surface area contributed by atoms with Crippen molar-refractivity contribution < 1.29 is 14.3 Å². The molecule has 0 bridgehead atoms. The van der Waals surface area contributed by atoms with Crippen LogP contribution in [0.2, 0.25) is 10.0 Å². The van der Waals surface area contributed by atoms with E-state index in [4.69, 9.17) is 32.9 Å². The summed E-state index contributed by atoms with van der Waals surface area (Å²) in [7, 11) is 1.62. The summed E-state index contributed by atoms with van der Waals surface area (Å²) < 4.78 is 7.79. The van der Waals surface area contributed by atoms with Crippen molar-refractivity contribution in [3.63, 3.8) is 0 Å². The summed E-state index contributed by atoms with van der Waals surface area (Å²) in [4.78, 5) is 35.1. The van der Waals surface area contributed by atoms with Crippen molar-refractivity contribution in [1.82, 2.24) is 9.55 Å². The van der Waals surface area contributed by atoms with E-state index in [1.807, 2.05) is 36.6 Å². The van der Waals surface area contributed by atoms with Gasteiger partial charge in [-0.3, -0.25) is 14.5 Å². The van der Waals surface area contributed by atoms with Crippen LogP contribution < -0.4 is 15.0 Å². The Kier molecular flexibility index (Phi) is 6.20. The first-order valence-corrected chi connectivity index (χ1v) is 13.9. The van der Waals surface area contributed by atoms with Gasteiger partial charge in [0.05, 0.1) is 18.4 Å². The van der Waals surface area contributed by atoms with Crippen molar-refractivity contribution in [3.05, 3.63) is 93.2 Å². The Hall–Kier alpha value is -3.81. The molecule has 1 spiro atoms. The summed E-state index contributed by atoms with van der Waals surface area (Å²) in [5.41, 5.74) is 2.68. The molecule has 0 radical (unpaired) electrons. The van der Waals surface area contributed by atoms with E-state index in [1.165, 1.54) is 4.90 Å². The maximum Gasteiger partial charge on any atom is 0.280 e. The van der Waals surface area contributed by atoms with E-state index in [0.717, 1.165) is 11.1 Å². The Morgan fingerprint density at radius 1 is 0.950 bits per heavy atom. The molecule has 0 saturated heterocycles. The number of hydrogen-bond donors (Lipinski definition) is 1. The number of nitrogens with one attached hydrogen (secondary N) is 1. The lowest BCUT2D eigenvalue weighted by molar-refractivity contribution is -0.119. The fraction of sp³-hybridized carbons (Fsp3) is 0.258. The second-order valence-electron chi connectivity index (χ2n) is 10.7. The van der Waals surface area contributed by atoms with Crippen LogP contribution >= 0.6 is 23.2 Å². The highest BCUT2D eigenvalue weighted by molar-refractivity contribution is 6.32. The van der Waals surface area contributed by atoms with E-state index in [-0.39, 0.29) is 17.6 Å². The molecule has 0 fully saturated rings. The number of methoxy groups -OCH3 is 1. The van der Waals surface area contributed by atoms with Crippen molar-refractivity contribution in [1.29, 1.82) is 0 Å². The van der Waals surface area contributed by atoms with Crippen LogP contribution in [0.1, 0.15) is 67.0 Å². The highest BCUT2D eigenvalue weighted by Crippen LogP contribution is 2.54. The number of ether oxygens (including phenoxy) is 1. The van der Waals surface area contributed by atoms with E-state index >= 15 is 0 Å². The summed E-state index contributed by atoms with van der Waals surface area (Å²) in [6.07, 6.45) is 0. The van der Waals surface area contributed by atoms with E-state index in [9.17, 15) is 9.59 Å². The lowest BCUT2D eigenvalue weighted by Gasteiger charge is -2.35. The van der Waals surface area contributed by atoms with Crippen LogP contribution in [0, 0.1) is 0 Å². The minimum absolute atomic E-state index is 0.158. The number of halogens is 2. The van der Waals surface area contributed by atoms with Crippen molar-refractivity contribution in [2.45, 2.75) is 45.2 Å². The van der Waals surface area contributed by atoms with Gasteiger partial charge in [-0.05, 0) is 67.8 Å². The Balaban J connectivity index is 1.70. The van der Waals surface area contributed by atoms with Crippen LogP contribution in [0.15, 0.2) is 60.7 Å². The Bertz CT molecular complexity index is 1710. The van der Waals surface area contributed by atoms with E-state index in [0.29, 0.717) is 50.2 Å². The third-order valence-electron chi connectivity index (χ3n) is 7.66. The topological polar surface area (TPSA) is 76.5 Å². The minimum atomic E-state index is -1.53. The number of benzene rings is 3. The molecule has 1 aromatic heterocycles. The molecule has 9 heteroatoms. The molecule has 0 unspecified atom stereocenters. The molecule has 1 atom stereocenters. The average molecular weight is 575 g/mol. The largest absolute Gasteiger partial charge is 0.496 e. The summed E-state index contributed by atoms with van der Waals surface area (Å²) in [5, 5.41) is 3.91. The predicted molar refractivity (Wildman–Crippen MR) is 158 cm³/mol. The number of carbonyl (C=O) groups is 2. The monoisotopic (exact) mass is 574 g/mol. The molecule has 0 saturated carbocycles. The van der Waals surface area contributed by atoms with Gasteiger partial charge in [-0.1, -0.05) is 55.2 Å². The van der Waals surface area contributed by atoms with E-state index in [2.05, 4.69) is 19.2 Å². The Morgan fingerprint density at radius 2 is 1.70 bits per heavy atom. The smallest absolute Gasteiger partial charge is 0.280 e. The van der Waals surface area contributed by atoms with Crippen LogP contribution in [0.3, 0.4) is 0 Å². The fourth-order valence-corrected chi connectivity index (χ4v) is 6.25. The molecule has 2 amide bonds.